The molecule has 2 aliphatic rings. The van der Waals surface area contributed by atoms with Gasteiger partial charge in [-0.05, 0) is 35.9 Å². The molecule has 0 bridgehead atoms. The Morgan fingerprint density at radius 3 is 2.80 bits per heavy atom. The zero-order valence-corrected chi connectivity index (χ0v) is 13.0. The minimum absolute atomic E-state index is 0.318. The Labute approximate surface area is 132 Å². The molecule has 4 heteroatoms. The van der Waals surface area contributed by atoms with Gasteiger partial charge in [0.15, 0.2) is 0 Å². The van der Waals surface area contributed by atoms with Gasteiger partial charge in [-0.2, -0.15) is 0 Å². The Hall–Kier alpha value is -0.960. The third-order valence-corrected chi connectivity index (χ3v) is 5.87. The average molecular weight is 322 g/mol. The van der Waals surface area contributed by atoms with Gasteiger partial charge in [-0.3, -0.25) is 0 Å². The lowest BCUT2D eigenvalue weighted by Crippen LogP contribution is -2.28. The van der Waals surface area contributed by atoms with E-state index in [2.05, 4.69) is 35.0 Å². The normalized spacial score (nSPS) is 27.0. The molecule has 0 radical (unpaired) electrons. The summed E-state index contributed by atoms with van der Waals surface area (Å²) in [6.45, 7) is 0. The van der Waals surface area contributed by atoms with Crippen molar-refractivity contribution in [3.05, 3.63) is 62.3 Å². The summed E-state index contributed by atoms with van der Waals surface area (Å²) in [6, 6.07) is 8.40. The Morgan fingerprint density at radius 2 is 2.00 bits per heavy atom. The van der Waals surface area contributed by atoms with Crippen molar-refractivity contribution in [2.75, 3.05) is 5.32 Å². The Bertz CT molecular complexity index is 678. The van der Waals surface area contributed by atoms with Crippen LogP contribution in [0.1, 0.15) is 28.8 Å². The van der Waals surface area contributed by atoms with Crippen LogP contribution in [-0.4, -0.2) is 0 Å². The second-order valence-electron chi connectivity index (χ2n) is 5.31. The molecule has 2 heterocycles. The van der Waals surface area contributed by atoms with Crippen LogP contribution in [0.4, 0.5) is 5.69 Å². The van der Waals surface area contributed by atoms with Gasteiger partial charge in [-0.15, -0.1) is 11.3 Å². The van der Waals surface area contributed by atoms with Crippen LogP contribution >= 0.6 is 34.5 Å². The topological polar surface area (TPSA) is 12.0 Å². The number of hydrogen-bond donors (Lipinski definition) is 1. The molecule has 3 unspecified atom stereocenters. The van der Waals surface area contributed by atoms with Crippen molar-refractivity contribution in [1.29, 1.82) is 0 Å². The van der Waals surface area contributed by atoms with E-state index in [0.29, 0.717) is 17.9 Å². The Balaban J connectivity index is 1.88. The number of anilines is 1. The van der Waals surface area contributed by atoms with E-state index in [9.17, 15) is 0 Å². The average Bonchev–Trinajstić information content (AvgIpc) is 3.11. The number of benzene rings is 1. The third kappa shape index (κ3) is 1.82. The number of allylic oxidation sites excluding steroid dienone is 2. The number of hydrogen-bond acceptors (Lipinski definition) is 2. The summed E-state index contributed by atoms with van der Waals surface area (Å²) in [5.74, 6) is 0.890. The lowest BCUT2D eigenvalue weighted by Gasteiger charge is -2.37. The molecule has 0 saturated carbocycles. The van der Waals surface area contributed by atoms with Crippen molar-refractivity contribution in [3.8, 4) is 0 Å². The molecule has 1 nitrogen and oxygen atoms in total. The van der Waals surface area contributed by atoms with Gasteiger partial charge < -0.3 is 5.32 Å². The van der Waals surface area contributed by atoms with Crippen LogP contribution in [0.5, 0.6) is 0 Å². The fourth-order valence-corrected chi connectivity index (χ4v) is 4.73. The number of thiophene rings is 1. The second-order valence-corrected chi connectivity index (χ2v) is 7.10. The smallest absolute Gasteiger partial charge is 0.0647 e. The molecular weight excluding hydrogens is 309 g/mol. The summed E-state index contributed by atoms with van der Waals surface area (Å²) in [7, 11) is 0. The van der Waals surface area contributed by atoms with Crippen molar-refractivity contribution in [3.63, 3.8) is 0 Å². The number of fused-ring (bicyclic) bond motifs is 3. The van der Waals surface area contributed by atoms with Crippen molar-refractivity contribution >= 4 is 40.2 Å². The van der Waals surface area contributed by atoms with Gasteiger partial charge >= 0.3 is 0 Å². The molecule has 1 aromatic carbocycles. The molecule has 0 saturated heterocycles. The Kier molecular flexibility index (Phi) is 3.06. The summed E-state index contributed by atoms with van der Waals surface area (Å²) in [6.07, 6.45) is 5.64. The van der Waals surface area contributed by atoms with E-state index >= 15 is 0 Å². The number of rotatable bonds is 1. The summed E-state index contributed by atoms with van der Waals surface area (Å²) in [4.78, 5) is 1.37. The fourth-order valence-electron chi connectivity index (χ4n) is 3.38. The highest BCUT2D eigenvalue weighted by Gasteiger charge is 2.40. The van der Waals surface area contributed by atoms with E-state index in [-0.39, 0.29) is 0 Å². The van der Waals surface area contributed by atoms with Crippen LogP contribution in [0, 0.1) is 5.92 Å². The standard InChI is InChI=1S/C16H13Cl2NS/c17-11-6-7-12(18)16-14(11)9-3-1-4-10(9)15(19-16)13-5-2-8-20-13/h1-3,5-10,15,19H,4H2. The molecule has 1 aromatic heterocycles. The molecule has 1 N–H and O–H groups in total. The molecule has 1 aliphatic carbocycles. The van der Waals surface area contributed by atoms with Gasteiger partial charge in [0.1, 0.15) is 0 Å². The molecule has 0 spiro atoms. The number of nitrogens with one attached hydrogen (secondary N) is 1. The predicted molar refractivity (Wildman–Crippen MR) is 87.1 cm³/mol. The minimum Gasteiger partial charge on any atom is -0.376 e. The first-order chi connectivity index (χ1) is 9.75. The maximum Gasteiger partial charge on any atom is 0.0647 e. The van der Waals surface area contributed by atoms with Crippen molar-refractivity contribution in [2.45, 2.75) is 18.4 Å². The molecule has 0 amide bonds. The first-order valence-corrected chi connectivity index (χ1v) is 8.34. The van der Waals surface area contributed by atoms with Crippen LogP contribution in [0.3, 0.4) is 0 Å². The third-order valence-electron chi connectivity index (χ3n) is 4.27. The molecule has 0 fully saturated rings. The highest BCUT2D eigenvalue weighted by atomic mass is 35.5. The summed E-state index contributed by atoms with van der Waals surface area (Å²) in [5.41, 5.74) is 2.16. The van der Waals surface area contributed by atoms with E-state index in [1.807, 2.05) is 12.1 Å². The second kappa shape index (κ2) is 4.80. The van der Waals surface area contributed by atoms with Crippen LogP contribution in [0.15, 0.2) is 41.8 Å². The van der Waals surface area contributed by atoms with E-state index < -0.39 is 0 Å². The molecule has 102 valence electrons. The first-order valence-electron chi connectivity index (χ1n) is 6.70. The lowest BCUT2D eigenvalue weighted by molar-refractivity contribution is 0.430. The molecule has 3 atom stereocenters. The van der Waals surface area contributed by atoms with E-state index in [1.165, 1.54) is 4.88 Å². The van der Waals surface area contributed by atoms with Gasteiger partial charge in [-0.25, -0.2) is 0 Å². The number of halogens is 2. The Morgan fingerprint density at radius 1 is 1.15 bits per heavy atom. The van der Waals surface area contributed by atoms with Crippen molar-refractivity contribution in [2.24, 2.45) is 5.92 Å². The molecule has 4 rings (SSSR count). The first kappa shape index (κ1) is 12.8. The van der Waals surface area contributed by atoms with Gasteiger partial charge in [0, 0.05) is 21.4 Å². The monoisotopic (exact) mass is 321 g/mol. The summed E-state index contributed by atoms with van der Waals surface area (Å²) < 4.78 is 0. The van der Waals surface area contributed by atoms with Gasteiger partial charge in [-0.1, -0.05) is 41.4 Å². The van der Waals surface area contributed by atoms with Crippen LogP contribution in [0.25, 0.3) is 0 Å². The zero-order chi connectivity index (χ0) is 13.7. The van der Waals surface area contributed by atoms with Crippen LogP contribution in [0.2, 0.25) is 10.0 Å². The maximum atomic E-state index is 6.42. The largest absolute Gasteiger partial charge is 0.376 e. The van der Waals surface area contributed by atoms with Gasteiger partial charge in [0.05, 0.1) is 16.8 Å². The van der Waals surface area contributed by atoms with E-state index in [1.54, 1.807) is 11.3 Å². The maximum absolute atomic E-state index is 6.42. The van der Waals surface area contributed by atoms with Crippen LogP contribution < -0.4 is 5.32 Å². The van der Waals surface area contributed by atoms with Crippen LogP contribution in [-0.2, 0) is 0 Å². The molecule has 20 heavy (non-hydrogen) atoms. The molecule has 1 aliphatic heterocycles. The lowest BCUT2D eigenvalue weighted by atomic mass is 9.79. The van der Waals surface area contributed by atoms with E-state index in [4.69, 9.17) is 23.2 Å². The van der Waals surface area contributed by atoms with Crippen molar-refractivity contribution in [1.82, 2.24) is 0 Å². The van der Waals surface area contributed by atoms with E-state index in [0.717, 1.165) is 27.7 Å². The summed E-state index contributed by atoms with van der Waals surface area (Å²) >= 11 is 14.6. The highest BCUT2D eigenvalue weighted by Crippen LogP contribution is 2.53. The van der Waals surface area contributed by atoms with Gasteiger partial charge in [0.2, 0.25) is 0 Å². The SMILES string of the molecule is Clc1ccc(Cl)c2c1NC(c1cccs1)C1CC=CC21. The minimum atomic E-state index is 0.318. The quantitative estimate of drug-likeness (QED) is 0.646. The van der Waals surface area contributed by atoms with Crippen molar-refractivity contribution < 1.29 is 0 Å². The highest BCUT2D eigenvalue weighted by molar-refractivity contribution is 7.10. The zero-order valence-electron chi connectivity index (χ0n) is 10.6. The molecular formula is C16H13Cl2NS. The predicted octanol–water partition coefficient (Wildman–Crippen LogP) is 5.88. The van der Waals surface area contributed by atoms with Gasteiger partial charge in [0.25, 0.3) is 0 Å². The fraction of sp³-hybridized carbons (Fsp3) is 0.250. The summed E-state index contributed by atoms with van der Waals surface area (Å²) in [5, 5.41) is 7.33. The molecule has 2 aromatic rings.